The average molecular weight is 275 g/mol. The van der Waals surface area contributed by atoms with Crippen LogP contribution in [-0.2, 0) is 4.74 Å². The minimum atomic E-state index is -0.0255. The fraction of sp³-hybridized carbons (Fsp3) is 0.375. The molecule has 4 heteroatoms. The van der Waals surface area contributed by atoms with E-state index < -0.39 is 0 Å². The lowest BCUT2D eigenvalue weighted by Gasteiger charge is -2.18. The van der Waals surface area contributed by atoms with Crippen LogP contribution in [0.3, 0.4) is 0 Å². The van der Waals surface area contributed by atoms with Crippen LogP contribution in [0.15, 0.2) is 40.8 Å². The Kier molecular flexibility index (Phi) is 5.21. The average Bonchev–Trinajstić information content (AvgIpc) is 2.88. The van der Waals surface area contributed by atoms with Crippen LogP contribution in [0, 0.1) is 6.92 Å². The van der Waals surface area contributed by atoms with Gasteiger partial charge in [-0.1, -0.05) is 18.2 Å². The van der Waals surface area contributed by atoms with E-state index in [2.05, 4.69) is 5.32 Å². The maximum absolute atomic E-state index is 5.78. The lowest BCUT2D eigenvalue weighted by molar-refractivity contribution is 0.145. The van der Waals surface area contributed by atoms with Gasteiger partial charge in [0.2, 0.25) is 0 Å². The van der Waals surface area contributed by atoms with Crippen molar-refractivity contribution in [2.45, 2.75) is 13.0 Å². The summed E-state index contributed by atoms with van der Waals surface area (Å²) in [5, 5.41) is 3.27. The van der Waals surface area contributed by atoms with E-state index in [1.807, 2.05) is 50.4 Å². The second kappa shape index (κ2) is 7.12. The van der Waals surface area contributed by atoms with Crippen molar-refractivity contribution >= 4 is 0 Å². The van der Waals surface area contributed by atoms with Gasteiger partial charge in [0.15, 0.2) is 0 Å². The van der Waals surface area contributed by atoms with Gasteiger partial charge in [0.05, 0.1) is 12.6 Å². The standard InChI is InChI=1S/C16H21NO3/c1-12-8-9-15(20-12)16(17-2)13-6-4-5-7-14(13)19-11-10-18-3/h4-9,16-17H,10-11H2,1-3H3. The van der Waals surface area contributed by atoms with E-state index in [1.165, 1.54) is 0 Å². The molecule has 0 spiro atoms. The molecule has 2 aromatic rings. The summed E-state index contributed by atoms with van der Waals surface area (Å²) in [6.45, 7) is 3.04. The molecule has 1 N–H and O–H groups in total. The Balaban J connectivity index is 2.25. The number of nitrogens with one attached hydrogen (secondary N) is 1. The number of rotatable bonds is 7. The highest BCUT2D eigenvalue weighted by Gasteiger charge is 2.19. The van der Waals surface area contributed by atoms with Gasteiger partial charge in [-0.05, 0) is 32.2 Å². The molecule has 20 heavy (non-hydrogen) atoms. The molecule has 0 radical (unpaired) electrons. The number of hydrogen-bond donors (Lipinski definition) is 1. The monoisotopic (exact) mass is 275 g/mol. The zero-order valence-electron chi connectivity index (χ0n) is 12.2. The molecule has 0 aliphatic rings. The molecule has 1 unspecified atom stereocenters. The second-order valence-electron chi connectivity index (χ2n) is 4.55. The summed E-state index contributed by atoms with van der Waals surface area (Å²) in [4.78, 5) is 0. The maximum Gasteiger partial charge on any atom is 0.125 e. The number of ether oxygens (including phenoxy) is 2. The molecule has 0 aliphatic carbocycles. The van der Waals surface area contributed by atoms with Gasteiger partial charge >= 0.3 is 0 Å². The van der Waals surface area contributed by atoms with Gasteiger partial charge < -0.3 is 19.2 Å². The minimum Gasteiger partial charge on any atom is -0.491 e. The van der Waals surface area contributed by atoms with Crippen molar-refractivity contribution in [3.63, 3.8) is 0 Å². The van der Waals surface area contributed by atoms with Crippen molar-refractivity contribution < 1.29 is 13.9 Å². The minimum absolute atomic E-state index is 0.0255. The van der Waals surface area contributed by atoms with Gasteiger partial charge in [-0.25, -0.2) is 0 Å². The normalized spacial score (nSPS) is 12.3. The largest absolute Gasteiger partial charge is 0.491 e. The van der Waals surface area contributed by atoms with Crippen LogP contribution >= 0.6 is 0 Å². The van der Waals surface area contributed by atoms with Crippen molar-refractivity contribution in [1.29, 1.82) is 0 Å². The third kappa shape index (κ3) is 3.40. The Morgan fingerprint density at radius 3 is 2.60 bits per heavy atom. The molecule has 0 fully saturated rings. The van der Waals surface area contributed by atoms with Gasteiger partial charge in [0.1, 0.15) is 23.9 Å². The van der Waals surface area contributed by atoms with E-state index in [9.17, 15) is 0 Å². The molecule has 1 atom stereocenters. The number of benzene rings is 1. The SMILES string of the molecule is CNC(c1ccc(C)o1)c1ccccc1OCCOC. The highest BCUT2D eigenvalue weighted by Crippen LogP contribution is 2.30. The van der Waals surface area contributed by atoms with Crippen LogP contribution in [0.1, 0.15) is 23.1 Å². The summed E-state index contributed by atoms with van der Waals surface area (Å²) in [5.41, 5.74) is 1.06. The third-order valence-corrected chi connectivity index (χ3v) is 3.11. The molecule has 0 bridgehead atoms. The number of furan rings is 1. The summed E-state index contributed by atoms with van der Waals surface area (Å²) in [5.74, 6) is 2.63. The number of para-hydroxylation sites is 1. The zero-order chi connectivity index (χ0) is 14.4. The van der Waals surface area contributed by atoms with Crippen LogP contribution in [0.25, 0.3) is 0 Å². The maximum atomic E-state index is 5.78. The highest BCUT2D eigenvalue weighted by molar-refractivity contribution is 5.39. The summed E-state index contributed by atoms with van der Waals surface area (Å²) in [6.07, 6.45) is 0. The van der Waals surface area contributed by atoms with Gasteiger partial charge in [-0.15, -0.1) is 0 Å². The first-order valence-corrected chi connectivity index (χ1v) is 6.70. The molecular weight excluding hydrogens is 254 g/mol. The molecule has 0 saturated heterocycles. The quantitative estimate of drug-likeness (QED) is 0.789. The molecule has 0 amide bonds. The van der Waals surface area contributed by atoms with Crippen LogP contribution in [0.4, 0.5) is 0 Å². The fourth-order valence-corrected chi connectivity index (χ4v) is 2.15. The number of methoxy groups -OCH3 is 1. The summed E-state index contributed by atoms with van der Waals surface area (Å²) < 4.78 is 16.5. The van der Waals surface area contributed by atoms with E-state index in [0.717, 1.165) is 22.8 Å². The smallest absolute Gasteiger partial charge is 0.125 e. The zero-order valence-corrected chi connectivity index (χ0v) is 12.2. The van der Waals surface area contributed by atoms with Gasteiger partial charge in [0, 0.05) is 12.7 Å². The lowest BCUT2D eigenvalue weighted by Crippen LogP contribution is -2.18. The lowest BCUT2D eigenvalue weighted by atomic mass is 10.0. The van der Waals surface area contributed by atoms with Crippen LogP contribution in [-0.4, -0.2) is 27.4 Å². The molecular formula is C16H21NO3. The second-order valence-corrected chi connectivity index (χ2v) is 4.55. The molecule has 1 heterocycles. The van der Waals surface area contributed by atoms with E-state index >= 15 is 0 Å². The molecule has 2 rings (SSSR count). The van der Waals surface area contributed by atoms with Crippen molar-refractivity contribution in [3.05, 3.63) is 53.5 Å². The predicted octanol–water partition coefficient (Wildman–Crippen LogP) is 2.92. The van der Waals surface area contributed by atoms with Crippen LogP contribution in [0.5, 0.6) is 5.75 Å². The Labute approximate surface area is 119 Å². The molecule has 0 aliphatic heterocycles. The summed E-state index contributed by atoms with van der Waals surface area (Å²) >= 11 is 0. The first-order valence-electron chi connectivity index (χ1n) is 6.70. The van der Waals surface area contributed by atoms with E-state index in [4.69, 9.17) is 13.9 Å². The Bertz CT molecular complexity index is 536. The predicted molar refractivity (Wildman–Crippen MR) is 78.2 cm³/mol. The molecule has 4 nitrogen and oxygen atoms in total. The first kappa shape index (κ1) is 14.6. The Hall–Kier alpha value is -1.78. The van der Waals surface area contributed by atoms with Gasteiger partial charge in [-0.3, -0.25) is 0 Å². The van der Waals surface area contributed by atoms with Crippen molar-refractivity contribution in [3.8, 4) is 5.75 Å². The van der Waals surface area contributed by atoms with E-state index in [0.29, 0.717) is 13.2 Å². The van der Waals surface area contributed by atoms with Crippen LogP contribution < -0.4 is 10.1 Å². The first-order chi connectivity index (χ1) is 9.76. The summed E-state index contributed by atoms with van der Waals surface area (Å²) in [7, 11) is 3.58. The summed E-state index contributed by atoms with van der Waals surface area (Å²) in [6, 6.07) is 11.9. The van der Waals surface area contributed by atoms with Gasteiger partial charge in [0.25, 0.3) is 0 Å². The van der Waals surface area contributed by atoms with E-state index in [-0.39, 0.29) is 6.04 Å². The Morgan fingerprint density at radius 2 is 1.95 bits per heavy atom. The Morgan fingerprint density at radius 1 is 1.15 bits per heavy atom. The van der Waals surface area contributed by atoms with Crippen molar-refractivity contribution in [2.24, 2.45) is 0 Å². The van der Waals surface area contributed by atoms with E-state index in [1.54, 1.807) is 7.11 Å². The highest BCUT2D eigenvalue weighted by atomic mass is 16.5. The van der Waals surface area contributed by atoms with Crippen molar-refractivity contribution in [1.82, 2.24) is 5.32 Å². The fourth-order valence-electron chi connectivity index (χ4n) is 2.15. The molecule has 1 aromatic heterocycles. The molecule has 108 valence electrons. The number of aryl methyl sites for hydroxylation is 1. The topological polar surface area (TPSA) is 43.6 Å². The number of hydrogen-bond acceptors (Lipinski definition) is 4. The van der Waals surface area contributed by atoms with Crippen LogP contribution in [0.2, 0.25) is 0 Å². The third-order valence-electron chi connectivity index (χ3n) is 3.11. The molecule has 1 aromatic carbocycles. The van der Waals surface area contributed by atoms with Crippen molar-refractivity contribution in [2.75, 3.05) is 27.4 Å². The molecule has 0 saturated carbocycles. The van der Waals surface area contributed by atoms with Gasteiger partial charge in [-0.2, -0.15) is 0 Å².